The maximum Gasteiger partial charge on any atom is 0.0356 e. The minimum absolute atomic E-state index is 0.330. The molecule has 0 spiro atoms. The predicted molar refractivity (Wildman–Crippen MR) is 80.2 cm³/mol. The van der Waals surface area contributed by atoms with Gasteiger partial charge in [0.25, 0.3) is 0 Å². The SMILES string of the molecule is CCN1CCC(CN)(N(CC2CC2)CC2CC2)CC1. The molecule has 0 atom stereocenters. The minimum atomic E-state index is 0.330. The molecule has 1 aliphatic heterocycles. The Hall–Kier alpha value is -0.120. The molecular formula is C16H31N3. The van der Waals surface area contributed by atoms with Gasteiger partial charge in [0.1, 0.15) is 0 Å². The molecule has 0 bridgehead atoms. The van der Waals surface area contributed by atoms with Crippen LogP contribution in [-0.4, -0.2) is 54.6 Å². The van der Waals surface area contributed by atoms with Crippen LogP contribution in [0.2, 0.25) is 0 Å². The smallest absolute Gasteiger partial charge is 0.0356 e. The lowest BCUT2D eigenvalue weighted by atomic mass is 9.85. The van der Waals surface area contributed by atoms with E-state index in [1.807, 2.05) is 0 Å². The van der Waals surface area contributed by atoms with Crippen molar-refractivity contribution in [3.05, 3.63) is 0 Å². The molecule has 0 aromatic heterocycles. The molecule has 2 N–H and O–H groups in total. The Balaban J connectivity index is 1.65. The number of likely N-dealkylation sites (tertiary alicyclic amines) is 1. The summed E-state index contributed by atoms with van der Waals surface area (Å²) >= 11 is 0. The molecule has 2 aliphatic carbocycles. The first-order valence-electron chi connectivity index (χ1n) is 8.43. The Morgan fingerprint density at radius 1 is 1.05 bits per heavy atom. The Kier molecular flexibility index (Phi) is 4.16. The third-order valence-electron chi connectivity index (χ3n) is 5.64. The minimum Gasteiger partial charge on any atom is -0.329 e. The predicted octanol–water partition coefficient (Wildman–Crippen LogP) is 1.92. The first-order valence-corrected chi connectivity index (χ1v) is 8.43. The van der Waals surface area contributed by atoms with Crippen LogP contribution in [0.25, 0.3) is 0 Å². The van der Waals surface area contributed by atoms with Crippen molar-refractivity contribution in [3.8, 4) is 0 Å². The summed E-state index contributed by atoms with van der Waals surface area (Å²) in [5, 5.41) is 0. The maximum absolute atomic E-state index is 6.26. The highest BCUT2D eigenvalue weighted by molar-refractivity contribution is 4.99. The van der Waals surface area contributed by atoms with Crippen LogP contribution in [0.15, 0.2) is 0 Å². The van der Waals surface area contributed by atoms with Crippen LogP contribution in [0.4, 0.5) is 0 Å². The van der Waals surface area contributed by atoms with E-state index in [9.17, 15) is 0 Å². The number of nitrogens with two attached hydrogens (primary N) is 1. The Morgan fingerprint density at radius 3 is 1.95 bits per heavy atom. The van der Waals surface area contributed by atoms with E-state index in [1.165, 1.54) is 71.2 Å². The van der Waals surface area contributed by atoms with Gasteiger partial charge in [-0.3, -0.25) is 4.90 Å². The van der Waals surface area contributed by atoms with E-state index in [1.54, 1.807) is 0 Å². The van der Waals surface area contributed by atoms with Gasteiger partial charge in [-0.25, -0.2) is 0 Å². The summed E-state index contributed by atoms with van der Waals surface area (Å²) in [7, 11) is 0. The molecule has 3 aliphatic rings. The molecule has 1 saturated heterocycles. The highest BCUT2D eigenvalue weighted by Gasteiger charge is 2.42. The standard InChI is InChI=1S/C16H31N3/c1-2-18-9-7-16(13-17,8-10-18)19(11-14-3-4-14)12-15-5-6-15/h14-15H,2-13,17H2,1H3. The Bertz CT molecular complexity index is 274. The van der Waals surface area contributed by atoms with Crippen molar-refractivity contribution in [2.45, 2.75) is 51.0 Å². The van der Waals surface area contributed by atoms with Gasteiger partial charge < -0.3 is 10.6 Å². The van der Waals surface area contributed by atoms with Crippen molar-refractivity contribution >= 4 is 0 Å². The van der Waals surface area contributed by atoms with Crippen molar-refractivity contribution in [2.24, 2.45) is 17.6 Å². The number of piperidine rings is 1. The summed E-state index contributed by atoms with van der Waals surface area (Å²) < 4.78 is 0. The van der Waals surface area contributed by atoms with E-state index in [2.05, 4.69) is 16.7 Å². The second-order valence-electron chi connectivity index (χ2n) is 7.15. The van der Waals surface area contributed by atoms with Crippen LogP contribution in [0.5, 0.6) is 0 Å². The Labute approximate surface area is 118 Å². The molecule has 2 saturated carbocycles. The first kappa shape index (κ1) is 13.8. The van der Waals surface area contributed by atoms with Crippen LogP contribution in [0, 0.1) is 11.8 Å². The second-order valence-corrected chi connectivity index (χ2v) is 7.15. The van der Waals surface area contributed by atoms with Gasteiger partial charge in [0, 0.05) is 25.2 Å². The zero-order valence-electron chi connectivity index (χ0n) is 12.6. The molecule has 0 amide bonds. The molecule has 0 aromatic rings. The van der Waals surface area contributed by atoms with Gasteiger partial charge in [-0.1, -0.05) is 6.92 Å². The fraction of sp³-hybridized carbons (Fsp3) is 1.00. The van der Waals surface area contributed by atoms with E-state index in [0.29, 0.717) is 5.54 Å². The largest absolute Gasteiger partial charge is 0.329 e. The van der Waals surface area contributed by atoms with Gasteiger partial charge >= 0.3 is 0 Å². The summed E-state index contributed by atoms with van der Waals surface area (Å²) in [6, 6.07) is 0. The van der Waals surface area contributed by atoms with Gasteiger partial charge in [-0.15, -0.1) is 0 Å². The van der Waals surface area contributed by atoms with Crippen LogP contribution < -0.4 is 5.73 Å². The fourth-order valence-corrected chi connectivity index (χ4v) is 3.62. The lowest BCUT2D eigenvalue weighted by Gasteiger charge is -2.49. The number of nitrogens with zero attached hydrogens (tertiary/aromatic N) is 2. The number of hydrogen-bond acceptors (Lipinski definition) is 3. The van der Waals surface area contributed by atoms with Crippen molar-refractivity contribution in [1.29, 1.82) is 0 Å². The molecule has 0 unspecified atom stereocenters. The van der Waals surface area contributed by atoms with Gasteiger partial charge in [-0.2, -0.15) is 0 Å². The molecule has 1 heterocycles. The molecule has 0 aromatic carbocycles. The van der Waals surface area contributed by atoms with Crippen LogP contribution >= 0.6 is 0 Å². The third kappa shape index (κ3) is 3.32. The van der Waals surface area contributed by atoms with Crippen molar-refractivity contribution in [3.63, 3.8) is 0 Å². The average molecular weight is 265 g/mol. The molecule has 3 fully saturated rings. The quantitative estimate of drug-likeness (QED) is 0.763. The van der Waals surface area contributed by atoms with Crippen molar-refractivity contribution < 1.29 is 0 Å². The second kappa shape index (κ2) is 5.71. The zero-order valence-corrected chi connectivity index (χ0v) is 12.6. The highest BCUT2D eigenvalue weighted by atomic mass is 15.2. The summed E-state index contributed by atoms with van der Waals surface area (Å²) in [4.78, 5) is 5.41. The van der Waals surface area contributed by atoms with E-state index in [0.717, 1.165) is 18.4 Å². The maximum atomic E-state index is 6.26. The molecule has 19 heavy (non-hydrogen) atoms. The lowest BCUT2D eigenvalue weighted by molar-refractivity contribution is 0.0213. The Morgan fingerprint density at radius 2 is 1.58 bits per heavy atom. The molecule has 0 radical (unpaired) electrons. The summed E-state index contributed by atoms with van der Waals surface area (Å²) in [5.41, 5.74) is 6.59. The molecule has 3 heteroatoms. The molecule has 3 nitrogen and oxygen atoms in total. The van der Waals surface area contributed by atoms with E-state index in [4.69, 9.17) is 5.73 Å². The molecular weight excluding hydrogens is 234 g/mol. The van der Waals surface area contributed by atoms with Crippen LogP contribution in [-0.2, 0) is 0 Å². The summed E-state index contributed by atoms with van der Waals surface area (Å²) in [6.07, 6.45) is 8.42. The van der Waals surface area contributed by atoms with Gasteiger partial charge in [0.15, 0.2) is 0 Å². The van der Waals surface area contributed by atoms with Crippen molar-refractivity contribution in [2.75, 3.05) is 39.3 Å². The highest BCUT2D eigenvalue weighted by Crippen LogP contribution is 2.39. The van der Waals surface area contributed by atoms with Gasteiger partial charge in [0.2, 0.25) is 0 Å². The van der Waals surface area contributed by atoms with E-state index in [-0.39, 0.29) is 0 Å². The zero-order chi connectivity index (χ0) is 13.3. The normalized spacial score (nSPS) is 27.9. The fourth-order valence-electron chi connectivity index (χ4n) is 3.62. The summed E-state index contributed by atoms with van der Waals surface area (Å²) in [5.74, 6) is 1.98. The number of hydrogen-bond donors (Lipinski definition) is 1. The first-order chi connectivity index (χ1) is 9.25. The van der Waals surface area contributed by atoms with Crippen LogP contribution in [0.3, 0.4) is 0 Å². The molecule has 110 valence electrons. The summed E-state index contributed by atoms with van der Waals surface area (Å²) in [6.45, 7) is 9.51. The van der Waals surface area contributed by atoms with Gasteiger partial charge in [0.05, 0.1) is 0 Å². The topological polar surface area (TPSA) is 32.5 Å². The van der Waals surface area contributed by atoms with E-state index >= 15 is 0 Å². The van der Waals surface area contributed by atoms with Crippen molar-refractivity contribution in [1.82, 2.24) is 9.80 Å². The van der Waals surface area contributed by atoms with Crippen LogP contribution in [0.1, 0.15) is 45.4 Å². The van der Waals surface area contributed by atoms with Gasteiger partial charge in [-0.05, 0) is 70.0 Å². The molecule has 3 rings (SSSR count). The number of rotatable bonds is 7. The third-order valence-corrected chi connectivity index (χ3v) is 5.64. The van der Waals surface area contributed by atoms with E-state index < -0.39 is 0 Å². The lowest BCUT2D eigenvalue weighted by Crippen LogP contribution is -2.60. The monoisotopic (exact) mass is 265 g/mol. The average Bonchev–Trinajstić information content (AvgIpc) is 3.33.